The summed E-state index contributed by atoms with van der Waals surface area (Å²) in [4.78, 5) is 12.6. The number of piperidine rings is 1. The highest BCUT2D eigenvalue weighted by Gasteiger charge is 2.39. The Bertz CT molecular complexity index is 838. The molecule has 2 heterocycles. The number of carbonyl (C=O) groups is 1. The van der Waals surface area contributed by atoms with Gasteiger partial charge in [-0.2, -0.15) is 0 Å². The third-order valence-electron chi connectivity index (χ3n) is 5.29. The number of benzene rings is 2. The van der Waals surface area contributed by atoms with E-state index in [1.165, 1.54) is 4.90 Å². The Morgan fingerprint density at radius 2 is 1.89 bits per heavy atom. The molecule has 0 unspecified atom stereocenters. The summed E-state index contributed by atoms with van der Waals surface area (Å²) in [5.74, 6) is 0.832. The van der Waals surface area contributed by atoms with Crippen molar-refractivity contribution in [2.75, 3.05) is 19.7 Å². The fourth-order valence-electron chi connectivity index (χ4n) is 3.68. The zero-order chi connectivity index (χ0) is 18.7. The van der Waals surface area contributed by atoms with E-state index in [0.717, 1.165) is 22.4 Å². The molecule has 0 radical (unpaired) electrons. The van der Waals surface area contributed by atoms with Gasteiger partial charge in [0.15, 0.2) is 0 Å². The second-order valence-electron chi connectivity index (χ2n) is 7.09. The molecular formula is C22H23NO4. The molecule has 1 spiro atoms. The predicted molar refractivity (Wildman–Crippen MR) is 103 cm³/mol. The number of likely N-dealkylation sites (tertiary alicyclic amines) is 1. The van der Waals surface area contributed by atoms with Crippen LogP contribution in [0.25, 0.3) is 5.57 Å². The van der Waals surface area contributed by atoms with E-state index in [9.17, 15) is 4.79 Å². The Hall–Kier alpha value is -2.79. The molecule has 0 bridgehead atoms. The van der Waals surface area contributed by atoms with Gasteiger partial charge in [0.2, 0.25) is 0 Å². The summed E-state index contributed by atoms with van der Waals surface area (Å²) in [5.41, 5.74) is 3.04. The van der Waals surface area contributed by atoms with E-state index in [0.29, 0.717) is 39.1 Å². The first kappa shape index (κ1) is 17.6. The first-order chi connectivity index (χ1) is 13.1. The maximum absolute atomic E-state index is 11.1. The van der Waals surface area contributed by atoms with Crippen molar-refractivity contribution >= 4 is 11.7 Å². The van der Waals surface area contributed by atoms with Crippen LogP contribution in [-0.2, 0) is 11.3 Å². The summed E-state index contributed by atoms with van der Waals surface area (Å²) < 4.78 is 12.0. The molecule has 1 N–H and O–H groups in total. The number of hydrogen-bond donors (Lipinski definition) is 1. The van der Waals surface area contributed by atoms with Crippen molar-refractivity contribution in [3.8, 4) is 5.75 Å². The lowest BCUT2D eigenvalue weighted by molar-refractivity contribution is -0.0185. The monoisotopic (exact) mass is 365 g/mol. The lowest BCUT2D eigenvalue weighted by Crippen LogP contribution is -2.45. The molecule has 0 aromatic heterocycles. The highest BCUT2D eigenvalue weighted by Crippen LogP contribution is 2.37. The van der Waals surface area contributed by atoms with Crippen molar-refractivity contribution in [2.24, 2.45) is 0 Å². The maximum atomic E-state index is 11.1. The van der Waals surface area contributed by atoms with Crippen LogP contribution in [0.3, 0.4) is 0 Å². The Morgan fingerprint density at radius 1 is 1.11 bits per heavy atom. The summed E-state index contributed by atoms with van der Waals surface area (Å²) >= 11 is 0. The number of hydrogen-bond acceptors (Lipinski definition) is 3. The van der Waals surface area contributed by atoms with Gasteiger partial charge in [-0.3, -0.25) is 0 Å². The van der Waals surface area contributed by atoms with Crippen molar-refractivity contribution in [1.82, 2.24) is 4.90 Å². The van der Waals surface area contributed by atoms with Crippen LogP contribution in [0.1, 0.15) is 24.0 Å². The van der Waals surface area contributed by atoms with Gasteiger partial charge in [0.1, 0.15) is 12.4 Å². The normalized spacial score (nSPS) is 18.4. The standard InChI is InChI=1S/C22H23NO4/c24-21(25)23-11-9-22(10-12-23)14-19(16-27-22)18-7-4-8-20(13-18)26-15-17-5-2-1-3-6-17/h1-8,13-14H,9-12,15-16H2,(H,24,25). The van der Waals surface area contributed by atoms with Gasteiger partial charge in [-0.1, -0.05) is 42.5 Å². The molecule has 2 aliphatic rings. The minimum absolute atomic E-state index is 0.331. The topological polar surface area (TPSA) is 59.0 Å². The SMILES string of the molecule is O=C(O)N1CCC2(C=C(c3cccc(OCc4ccccc4)c3)CO2)CC1. The number of nitrogens with zero attached hydrogens (tertiary/aromatic N) is 1. The number of ether oxygens (including phenoxy) is 2. The third-order valence-corrected chi connectivity index (χ3v) is 5.29. The van der Waals surface area contributed by atoms with E-state index >= 15 is 0 Å². The second kappa shape index (κ2) is 7.45. The highest BCUT2D eigenvalue weighted by atomic mass is 16.5. The molecule has 2 aliphatic heterocycles. The first-order valence-electron chi connectivity index (χ1n) is 9.24. The minimum Gasteiger partial charge on any atom is -0.489 e. The Balaban J connectivity index is 1.44. The van der Waals surface area contributed by atoms with E-state index in [-0.39, 0.29) is 5.60 Å². The molecule has 2 aromatic carbocycles. The first-order valence-corrected chi connectivity index (χ1v) is 9.24. The van der Waals surface area contributed by atoms with Crippen LogP contribution in [0, 0.1) is 0 Å². The van der Waals surface area contributed by atoms with Crippen molar-refractivity contribution in [1.29, 1.82) is 0 Å². The molecule has 0 aliphatic carbocycles. The van der Waals surface area contributed by atoms with Crippen LogP contribution in [0.2, 0.25) is 0 Å². The van der Waals surface area contributed by atoms with E-state index in [1.807, 2.05) is 48.5 Å². The van der Waals surface area contributed by atoms with Gasteiger partial charge in [0.25, 0.3) is 0 Å². The molecule has 27 heavy (non-hydrogen) atoms. The summed E-state index contributed by atoms with van der Waals surface area (Å²) in [6.07, 6.45) is 2.73. The molecule has 5 nitrogen and oxygen atoms in total. The van der Waals surface area contributed by atoms with E-state index in [4.69, 9.17) is 14.6 Å². The predicted octanol–water partition coefficient (Wildman–Crippen LogP) is 4.19. The second-order valence-corrected chi connectivity index (χ2v) is 7.09. The summed E-state index contributed by atoms with van der Waals surface area (Å²) in [7, 11) is 0. The van der Waals surface area contributed by atoms with E-state index in [1.54, 1.807) is 0 Å². The van der Waals surface area contributed by atoms with Crippen LogP contribution >= 0.6 is 0 Å². The van der Waals surface area contributed by atoms with Crippen LogP contribution in [-0.4, -0.2) is 41.4 Å². The molecular weight excluding hydrogens is 342 g/mol. The van der Waals surface area contributed by atoms with Crippen LogP contribution in [0.15, 0.2) is 60.7 Å². The van der Waals surface area contributed by atoms with Gasteiger partial charge in [0.05, 0.1) is 12.2 Å². The van der Waals surface area contributed by atoms with Crippen molar-refractivity contribution in [2.45, 2.75) is 25.0 Å². The summed E-state index contributed by atoms with van der Waals surface area (Å²) in [6, 6.07) is 18.2. The quantitative estimate of drug-likeness (QED) is 0.882. The van der Waals surface area contributed by atoms with Gasteiger partial charge in [-0.25, -0.2) is 4.79 Å². The fourth-order valence-corrected chi connectivity index (χ4v) is 3.68. The summed E-state index contributed by atoms with van der Waals surface area (Å²) in [6.45, 7) is 2.11. The number of carboxylic acid groups (broad SMARTS) is 1. The van der Waals surface area contributed by atoms with E-state index in [2.05, 4.69) is 12.1 Å². The number of rotatable bonds is 4. The molecule has 2 aromatic rings. The molecule has 0 saturated carbocycles. The Labute approximate surface area is 158 Å². The zero-order valence-corrected chi connectivity index (χ0v) is 15.1. The molecule has 140 valence electrons. The van der Waals surface area contributed by atoms with Gasteiger partial charge in [-0.05, 0) is 47.8 Å². The van der Waals surface area contributed by atoms with E-state index < -0.39 is 6.09 Å². The zero-order valence-electron chi connectivity index (χ0n) is 15.1. The van der Waals surface area contributed by atoms with Crippen molar-refractivity contribution in [3.05, 3.63) is 71.8 Å². The lowest BCUT2D eigenvalue weighted by Gasteiger charge is -2.36. The fraction of sp³-hybridized carbons (Fsp3) is 0.318. The largest absolute Gasteiger partial charge is 0.489 e. The third kappa shape index (κ3) is 3.98. The molecule has 1 amide bonds. The molecule has 0 atom stereocenters. The highest BCUT2D eigenvalue weighted by molar-refractivity contribution is 5.70. The van der Waals surface area contributed by atoms with Gasteiger partial charge in [0, 0.05) is 13.1 Å². The average molecular weight is 365 g/mol. The maximum Gasteiger partial charge on any atom is 0.407 e. The van der Waals surface area contributed by atoms with Crippen LogP contribution in [0.4, 0.5) is 4.79 Å². The molecule has 1 fully saturated rings. The van der Waals surface area contributed by atoms with Crippen LogP contribution in [0.5, 0.6) is 5.75 Å². The Kier molecular flexibility index (Phi) is 4.86. The van der Waals surface area contributed by atoms with Gasteiger partial charge < -0.3 is 19.5 Å². The van der Waals surface area contributed by atoms with Crippen LogP contribution < -0.4 is 4.74 Å². The smallest absolute Gasteiger partial charge is 0.407 e. The number of amides is 1. The van der Waals surface area contributed by atoms with Crippen molar-refractivity contribution < 1.29 is 19.4 Å². The molecule has 5 heteroatoms. The van der Waals surface area contributed by atoms with Crippen molar-refractivity contribution in [3.63, 3.8) is 0 Å². The average Bonchev–Trinajstić information content (AvgIpc) is 3.11. The van der Waals surface area contributed by atoms with Gasteiger partial charge in [-0.15, -0.1) is 0 Å². The molecule has 1 saturated heterocycles. The Morgan fingerprint density at radius 3 is 2.63 bits per heavy atom. The van der Waals surface area contributed by atoms with Gasteiger partial charge >= 0.3 is 6.09 Å². The lowest BCUT2D eigenvalue weighted by atomic mass is 9.90. The minimum atomic E-state index is -0.852. The molecule has 4 rings (SSSR count). The summed E-state index contributed by atoms with van der Waals surface area (Å²) in [5, 5.41) is 9.12.